The molecule has 1 fully saturated rings. The molecule has 1 aromatic carbocycles. The zero-order valence-electron chi connectivity index (χ0n) is 12.9. The van der Waals surface area contributed by atoms with Crippen LogP contribution in [0.3, 0.4) is 0 Å². The minimum atomic E-state index is -3.71. The molecule has 1 N–H and O–H groups in total. The Hall–Kier alpha value is -1.69. The molecule has 0 heterocycles. The van der Waals surface area contributed by atoms with Gasteiger partial charge in [0, 0.05) is 0 Å². The monoisotopic (exact) mass is 308 g/mol. The van der Waals surface area contributed by atoms with Gasteiger partial charge >= 0.3 is 0 Å². The quantitative estimate of drug-likeness (QED) is 0.870. The van der Waals surface area contributed by atoms with E-state index in [-0.39, 0.29) is 10.7 Å². The van der Waals surface area contributed by atoms with Crippen LogP contribution in [0.2, 0.25) is 0 Å². The van der Waals surface area contributed by atoms with Gasteiger partial charge in [0.15, 0.2) is 5.78 Å². The predicted molar refractivity (Wildman–Crippen MR) is 81.5 cm³/mol. The topological polar surface area (TPSA) is 75.6 Å². The van der Waals surface area contributed by atoms with Gasteiger partial charge in [0.25, 0.3) is 10.0 Å². The van der Waals surface area contributed by atoms with Crippen molar-refractivity contribution in [1.82, 2.24) is 4.83 Å². The average molecular weight is 308 g/mol. The third-order valence-electron chi connectivity index (χ3n) is 3.93. The first kappa shape index (κ1) is 15.7. The van der Waals surface area contributed by atoms with Crippen molar-refractivity contribution in [3.63, 3.8) is 0 Å². The van der Waals surface area contributed by atoms with Crippen molar-refractivity contribution in [2.24, 2.45) is 15.9 Å². The van der Waals surface area contributed by atoms with E-state index in [9.17, 15) is 13.2 Å². The molecule has 0 bridgehead atoms. The fourth-order valence-corrected chi connectivity index (χ4v) is 3.68. The lowest BCUT2D eigenvalue weighted by Gasteiger charge is -2.48. The Labute approximate surface area is 125 Å². The second kappa shape index (κ2) is 4.66. The smallest absolute Gasteiger partial charge is 0.276 e. The van der Waals surface area contributed by atoms with Gasteiger partial charge < -0.3 is 0 Å². The zero-order chi connectivity index (χ0) is 16.1. The standard InChI is InChI=1S/C15H20N2O3S/c1-10-6-8-11(9-7-10)21(19,20)17-16-12-14(2,3)13(18)15(12,4)5/h6-9,17H,1-5H3. The van der Waals surface area contributed by atoms with E-state index in [0.717, 1.165) is 5.56 Å². The molecule has 1 aliphatic carbocycles. The highest BCUT2D eigenvalue weighted by molar-refractivity contribution is 7.89. The Kier molecular flexibility index (Phi) is 3.48. The first-order valence-electron chi connectivity index (χ1n) is 6.71. The summed E-state index contributed by atoms with van der Waals surface area (Å²) in [6.45, 7) is 8.88. The Morgan fingerprint density at radius 3 is 1.95 bits per heavy atom. The molecule has 1 saturated carbocycles. The Morgan fingerprint density at radius 1 is 1.00 bits per heavy atom. The van der Waals surface area contributed by atoms with Gasteiger partial charge in [0.2, 0.25) is 0 Å². The molecule has 21 heavy (non-hydrogen) atoms. The number of hydrogen-bond donors (Lipinski definition) is 1. The molecule has 1 aromatic rings. The molecule has 2 rings (SSSR count). The maximum absolute atomic E-state index is 12.2. The van der Waals surface area contributed by atoms with Crippen molar-refractivity contribution in [1.29, 1.82) is 0 Å². The van der Waals surface area contributed by atoms with Gasteiger partial charge in [-0.15, -0.1) is 0 Å². The SMILES string of the molecule is Cc1ccc(S(=O)(=O)NN=C2C(C)(C)C(=O)C2(C)C)cc1. The van der Waals surface area contributed by atoms with Gasteiger partial charge in [-0.2, -0.15) is 13.5 Å². The number of nitrogens with one attached hydrogen (secondary N) is 1. The third-order valence-corrected chi connectivity index (χ3v) is 5.15. The number of ketones is 1. The van der Waals surface area contributed by atoms with Gasteiger partial charge in [-0.3, -0.25) is 4.79 Å². The van der Waals surface area contributed by atoms with Crippen LogP contribution in [0, 0.1) is 17.8 Å². The number of Topliss-reactive ketones (excluding diaryl/α,β-unsaturated/α-hetero) is 1. The van der Waals surface area contributed by atoms with Crippen molar-refractivity contribution in [3.05, 3.63) is 29.8 Å². The first-order valence-corrected chi connectivity index (χ1v) is 8.20. The van der Waals surface area contributed by atoms with Gasteiger partial charge in [0.05, 0.1) is 21.4 Å². The number of hydrogen-bond acceptors (Lipinski definition) is 4. The summed E-state index contributed by atoms with van der Waals surface area (Å²) in [4.78, 5) is 14.4. The number of carbonyl (C=O) groups excluding carboxylic acids is 1. The third kappa shape index (κ3) is 2.48. The van der Waals surface area contributed by atoms with Crippen LogP contribution < -0.4 is 4.83 Å². The Morgan fingerprint density at radius 2 is 1.48 bits per heavy atom. The summed E-state index contributed by atoms with van der Waals surface area (Å²) in [6.07, 6.45) is 0. The summed E-state index contributed by atoms with van der Waals surface area (Å²) in [5, 5.41) is 4.01. The highest BCUT2D eigenvalue weighted by Crippen LogP contribution is 2.46. The van der Waals surface area contributed by atoms with Crippen LogP contribution in [0.4, 0.5) is 0 Å². The molecular weight excluding hydrogens is 288 g/mol. The second-order valence-corrected chi connectivity index (χ2v) is 8.11. The van der Waals surface area contributed by atoms with Crippen LogP contribution in [0.25, 0.3) is 0 Å². The summed E-state index contributed by atoms with van der Waals surface area (Å²) >= 11 is 0. The van der Waals surface area contributed by atoms with Crippen LogP contribution in [0.5, 0.6) is 0 Å². The molecule has 5 nitrogen and oxygen atoms in total. The molecule has 114 valence electrons. The lowest BCUT2D eigenvalue weighted by molar-refractivity contribution is -0.134. The lowest BCUT2D eigenvalue weighted by atomic mass is 9.53. The normalized spacial score (nSPS) is 19.9. The van der Waals surface area contributed by atoms with Crippen molar-refractivity contribution in [3.8, 4) is 0 Å². The van der Waals surface area contributed by atoms with E-state index < -0.39 is 20.9 Å². The molecule has 0 radical (unpaired) electrons. The van der Waals surface area contributed by atoms with E-state index in [4.69, 9.17) is 0 Å². The number of rotatable bonds is 3. The summed E-state index contributed by atoms with van der Waals surface area (Å²) in [5.41, 5.74) is 0.0845. The van der Waals surface area contributed by atoms with Gasteiger partial charge in [-0.25, -0.2) is 4.83 Å². The fourth-order valence-electron chi connectivity index (χ4n) is 2.87. The van der Waals surface area contributed by atoms with Crippen LogP contribution >= 0.6 is 0 Å². The minimum Gasteiger partial charge on any atom is -0.298 e. The molecule has 1 aliphatic rings. The van der Waals surface area contributed by atoms with E-state index in [1.165, 1.54) is 12.1 Å². The summed E-state index contributed by atoms with van der Waals surface area (Å²) in [6, 6.07) is 6.50. The number of carbonyl (C=O) groups is 1. The second-order valence-electron chi connectivity index (χ2n) is 6.45. The van der Waals surface area contributed by atoms with Crippen LogP contribution in [-0.4, -0.2) is 19.9 Å². The molecule has 0 saturated heterocycles. The maximum Gasteiger partial charge on any atom is 0.276 e. The summed E-state index contributed by atoms with van der Waals surface area (Å²) in [5.74, 6) is 0.0586. The number of sulfonamides is 1. The van der Waals surface area contributed by atoms with Gasteiger partial charge in [-0.1, -0.05) is 17.7 Å². The average Bonchev–Trinajstić information content (AvgIpc) is 2.37. The van der Waals surface area contributed by atoms with E-state index >= 15 is 0 Å². The summed E-state index contributed by atoms with van der Waals surface area (Å²) < 4.78 is 24.4. The van der Waals surface area contributed by atoms with E-state index in [0.29, 0.717) is 5.71 Å². The molecule has 0 spiro atoms. The number of nitrogens with zero attached hydrogens (tertiary/aromatic N) is 1. The molecule has 0 atom stereocenters. The minimum absolute atomic E-state index is 0.0586. The van der Waals surface area contributed by atoms with E-state index in [1.54, 1.807) is 39.8 Å². The number of aryl methyl sites for hydroxylation is 1. The Bertz CT molecular complexity index is 694. The van der Waals surface area contributed by atoms with Crippen molar-refractivity contribution in [2.75, 3.05) is 0 Å². The van der Waals surface area contributed by atoms with Crippen molar-refractivity contribution < 1.29 is 13.2 Å². The van der Waals surface area contributed by atoms with E-state index in [2.05, 4.69) is 9.93 Å². The largest absolute Gasteiger partial charge is 0.298 e. The molecule has 0 aromatic heterocycles. The molecule has 0 aliphatic heterocycles. The van der Waals surface area contributed by atoms with Gasteiger partial charge in [-0.05, 0) is 46.8 Å². The van der Waals surface area contributed by atoms with E-state index in [1.807, 2.05) is 6.92 Å². The van der Waals surface area contributed by atoms with Crippen molar-refractivity contribution >= 4 is 21.5 Å². The highest BCUT2D eigenvalue weighted by atomic mass is 32.2. The predicted octanol–water partition coefficient (Wildman–Crippen LogP) is 2.26. The molecule has 0 unspecified atom stereocenters. The fraction of sp³-hybridized carbons (Fsp3) is 0.467. The van der Waals surface area contributed by atoms with Crippen LogP contribution in [0.1, 0.15) is 33.3 Å². The molecular formula is C15H20N2O3S. The van der Waals surface area contributed by atoms with Gasteiger partial charge in [0.1, 0.15) is 0 Å². The van der Waals surface area contributed by atoms with Crippen LogP contribution in [0.15, 0.2) is 34.3 Å². The zero-order valence-corrected chi connectivity index (χ0v) is 13.7. The number of benzene rings is 1. The Balaban J connectivity index is 2.28. The summed E-state index contributed by atoms with van der Waals surface area (Å²) in [7, 11) is -3.71. The van der Waals surface area contributed by atoms with Crippen molar-refractivity contribution in [2.45, 2.75) is 39.5 Å². The molecule has 0 amide bonds. The molecule has 6 heteroatoms. The first-order chi connectivity index (χ1) is 9.49. The lowest BCUT2D eigenvalue weighted by Crippen LogP contribution is -2.61. The number of hydrazone groups is 1. The maximum atomic E-state index is 12.2. The van der Waals surface area contributed by atoms with Crippen LogP contribution in [-0.2, 0) is 14.8 Å². The highest BCUT2D eigenvalue weighted by Gasteiger charge is 2.59.